The number of rotatable bonds is 1. The van der Waals surface area contributed by atoms with E-state index in [1.807, 2.05) is 0 Å². The number of pyridine rings is 1. The fourth-order valence-corrected chi connectivity index (χ4v) is 1.92. The van der Waals surface area contributed by atoms with Gasteiger partial charge >= 0.3 is 0 Å². The van der Waals surface area contributed by atoms with Crippen molar-refractivity contribution in [1.82, 2.24) is 4.98 Å². The summed E-state index contributed by atoms with van der Waals surface area (Å²) in [4.78, 5) is 3.99. The lowest BCUT2D eigenvalue weighted by Crippen LogP contribution is -2.15. The first kappa shape index (κ1) is 10.8. The summed E-state index contributed by atoms with van der Waals surface area (Å²) in [5.74, 6) is -0.478. The van der Waals surface area contributed by atoms with Crippen LogP contribution in [0.3, 0.4) is 0 Å². The summed E-state index contributed by atoms with van der Waals surface area (Å²) in [5, 5.41) is 12.7. The predicted molar refractivity (Wildman–Crippen MR) is 61.9 cm³/mol. The Morgan fingerprint density at radius 3 is 2.81 bits per heavy atom. The number of aromatic nitrogens is 1. The van der Waals surface area contributed by atoms with Crippen LogP contribution in [0.4, 0.5) is 4.39 Å². The molecule has 2 aromatic rings. The molecule has 3 N–H and O–H groups in total. The Morgan fingerprint density at radius 1 is 1.38 bits per heavy atom. The molecule has 0 unspecified atom stereocenters. The average Bonchev–Trinajstić information content (AvgIpc) is 2.32. The molecule has 0 saturated carbocycles. The van der Waals surface area contributed by atoms with Crippen molar-refractivity contribution in [2.24, 2.45) is 10.9 Å². The van der Waals surface area contributed by atoms with Crippen molar-refractivity contribution in [3.63, 3.8) is 0 Å². The first-order valence-electron chi connectivity index (χ1n) is 4.35. The van der Waals surface area contributed by atoms with Gasteiger partial charge in [0, 0.05) is 17.0 Å². The largest absolute Gasteiger partial charge is 0.409 e. The van der Waals surface area contributed by atoms with Crippen LogP contribution in [0.15, 0.2) is 34.0 Å². The summed E-state index contributed by atoms with van der Waals surface area (Å²) in [6.07, 6.45) is 1.47. The van der Waals surface area contributed by atoms with Gasteiger partial charge in [-0.3, -0.25) is 4.98 Å². The van der Waals surface area contributed by atoms with Crippen molar-refractivity contribution in [3.8, 4) is 0 Å². The summed E-state index contributed by atoms with van der Waals surface area (Å²) in [6.45, 7) is 0. The number of hydrogen-bond donors (Lipinski definition) is 2. The Bertz CT molecular complexity index is 586. The zero-order valence-electron chi connectivity index (χ0n) is 7.98. The smallest absolute Gasteiger partial charge is 0.189 e. The van der Waals surface area contributed by atoms with Crippen LogP contribution in [0.25, 0.3) is 10.8 Å². The predicted octanol–water partition coefficient (Wildman–Crippen LogP) is 2.23. The number of nitrogens with two attached hydrogens (primary N) is 1. The van der Waals surface area contributed by atoms with Gasteiger partial charge in [0.05, 0.1) is 4.47 Å². The third kappa shape index (κ3) is 1.61. The maximum absolute atomic E-state index is 13.3. The van der Waals surface area contributed by atoms with Crippen molar-refractivity contribution < 1.29 is 9.60 Å². The van der Waals surface area contributed by atoms with Crippen LogP contribution in [0.5, 0.6) is 0 Å². The maximum Gasteiger partial charge on any atom is 0.189 e. The fraction of sp³-hybridized carbons (Fsp3) is 0. The van der Waals surface area contributed by atoms with E-state index in [1.54, 1.807) is 6.07 Å². The number of benzene rings is 1. The summed E-state index contributed by atoms with van der Waals surface area (Å²) >= 11 is 3.14. The van der Waals surface area contributed by atoms with E-state index in [0.29, 0.717) is 20.9 Å². The Balaban J connectivity index is 2.85. The molecule has 0 fully saturated rings. The van der Waals surface area contributed by atoms with Crippen molar-refractivity contribution in [3.05, 3.63) is 40.4 Å². The molecule has 16 heavy (non-hydrogen) atoms. The molecule has 0 atom stereocenters. The fourth-order valence-electron chi connectivity index (χ4n) is 1.44. The summed E-state index contributed by atoms with van der Waals surface area (Å²) in [5.41, 5.74) is 5.80. The first-order valence-corrected chi connectivity index (χ1v) is 5.15. The lowest BCUT2D eigenvalue weighted by Gasteiger charge is -2.05. The Morgan fingerprint density at radius 2 is 2.12 bits per heavy atom. The van der Waals surface area contributed by atoms with Gasteiger partial charge in [0.15, 0.2) is 5.84 Å². The highest BCUT2D eigenvalue weighted by Crippen LogP contribution is 2.27. The highest BCUT2D eigenvalue weighted by Gasteiger charge is 2.11. The van der Waals surface area contributed by atoms with Crippen LogP contribution in [0, 0.1) is 5.82 Å². The number of fused-ring (bicyclic) bond motifs is 1. The van der Waals surface area contributed by atoms with E-state index in [9.17, 15) is 4.39 Å². The van der Waals surface area contributed by atoms with Crippen LogP contribution in [-0.4, -0.2) is 16.0 Å². The highest BCUT2D eigenvalue weighted by atomic mass is 79.9. The van der Waals surface area contributed by atoms with Crippen LogP contribution >= 0.6 is 15.9 Å². The van der Waals surface area contributed by atoms with E-state index >= 15 is 0 Å². The van der Waals surface area contributed by atoms with Crippen LogP contribution in [0.1, 0.15) is 5.69 Å². The monoisotopic (exact) mass is 283 g/mol. The van der Waals surface area contributed by atoms with E-state index in [-0.39, 0.29) is 11.7 Å². The molecule has 6 heteroatoms. The maximum atomic E-state index is 13.3. The minimum Gasteiger partial charge on any atom is -0.409 e. The second-order valence-corrected chi connectivity index (χ2v) is 3.89. The Hall–Kier alpha value is -1.69. The third-order valence-electron chi connectivity index (χ3n) is 2.18. The zero-order chi connectivity index (χ0) is 11.7. The minimum atomic E-state index is -0.371. The van der Waals surface area contributed by atoms with E-state index in [2.05, 4.69) is 26.1 Å². The topological polar surface area (TPSA) is 71.5 Å². The molecule has 0 radical (unpaired) electrons. The molecule has 2 rings (SSSR count). The number of oxime groups is 1. The average molecular weight is 284 g/mol. The normalized spacial score (nSPS) is 12.0. The third-order valence-corrected chi connectivity index (χ3v) is 2.99. The SMILES string of the molecule is N/C(=N/O)c1nccc2c(Br)c(F)ccc12. The molecule has 0 aliphatic rings. The number of halogens is 2. The van der Waals surface area contributed by atoms with Crippen molar-refractivity contribution >= 4 is 32.5 Å². The molecule has 0 spiro atoms. The second kappa shape index (κ2) is 4.05. The molecule has 0 amide bonds. The van der Waals surface area contributed by atoms with Gasteiger partial charge in [-0.2, -0.15) is 0 Å². The quantitative estimate of drug-likeness (QED) is 0.365. The van der Waals surface area contributed by atoms with Gasteiger partial charge in [-0.05, 0) is 34.1 Å². The van der Waals surface area contributed by atoms with Gasteiger partial charge in [-0.15, -0.1) is 0 Å². The first-order chi connectivity index (χ1) is 7.65. The standard InChI is InChI=1S/C10H7BrFN3O/c11-8-5-3-4-14-9(10(13)15-16)6(5)1-2-7(8)12/h1-4,16H,(H2,13,15). The molecule has 0 aliphatic carbocycles. The Kier molecular flexibility index (Phi) is 2.74. The number of nitrogens with zero attached hydrogens (tertiary/aromatic N) is 2. The van der Waals surface area contributed by atoms with Crippen molar-refractivity contribution in [1.29, 1.82) is 0 Å². The zero-order valence-corrected chi connectivity index (χ0v) is 9.57. The van der Waals surface area contributed by atoms with E-state index in [0.717, 1.165) is 0 Å². The molecular weight excluding hydrogens is 277 g/mol. The molecule has 0 aliphatic heterocycles. The second-order valence-electron chi connectivity index (χ2n) is 3.10. The van der Waals surface area contributed by atoms with E-state index in [1.165, 1.54) is 18.3 Å². The van der Waals surface area contributed by atoms with Crippen molar-refractivity contribution in [2.45, 2.75) is 0 Å². The number of hydrogen-bond acceptors (Lipinski definition) is 3. The minimum absolute atomic E-state index is 0.107. The van der Waals surface area contributed by atoms with E-state index in [4.69, 9.17) is 10.9 Å². The molecule has 82 valence electrons. The van der Waals surface area contributed by atoms with Gasteiger partial charge in [0.1, 0.15) is 11.5 Å². The molecule has 0 bridgehead atoms. The van der Waals surface area contributed by atoms with E-state index < -0.39 is 0 Å². The lowest BCUT2D eigenvalue weighted by atomic mass is 10.1. The van der Waals surface area contributed by atoms with Crippen LogP contribution in [-0.2, 0) is 0 Å². The van der Waals surface area contributed by atoms with Crippen molar-refractivity contribution in [2.75, 3.05) is 0 Å². The van der Waals surface area contributed by atoms with Crippen LogP contribution < -0.4 is 5.73 Å². The number of amidine groups is 1. The summed E-state index contributed by atoms with van der Waals surface area (Å²) < 4.78 is 13.6. The molecule has 1 aromatic carbocycles. The molecule has 4 nitrogen and oxygen atoms in total. The molecule has 1 aromatic heterocycles. The van der Waals surface area contributed by atoms with Gasteiger partial charge < -0.3 is 10.9 Å². The lowest BCUT2D eigenvalue weighted by molar-refractivity contribution is 0.318. The molecule has 1 heterocycles. The molecular formula is C10H7BrFN3O. The molecule has 0 saturated heterocycles. The summed E-state index contributed by atoms with van der Waals surface area (Å²) in [7, 11) is 0. The van der Waals surface area contributed by atoms with Gasteiger partial charge in [0.25, 0.3) is 0 Å². The van der Waals surface area contributed by atoms with Crippen LogP contribution in [0.2, 0.25) is 0 Å². The van der Waals surface area contributed by atoms with Gasteiger partial charge in [-0.1, -0.05) is 5.16 Å². The summed E-state index contributed by atoms with van der Waals surface area (Å²) in [6, 6.07) is 4.48. The van der Waals surface area contributed by atoms with Gasteiger partial charge in [-0.25, -0.2) is 4.39 Å². The Labute approximate surface area is 98.7 Å². The van der Waals surface area contributed by atoms with Gasteiger partial charge in [0.2, 0.25) is 0 Å². The highest BCUT2D eigenvalue weighted by molar-refractivity contribution is 9.10.